The SMILES string of the molecule is CCCCC(=O)Nc1ccc2[nH]c(=O)[nH]c2c1. The summed E-state index contributed by atoms with van der Waals surface area (Å²) in [5.74, 6) is 0.00378. The molecule has 0 atom stereocenters. The summed E-state index contributed by atoms with van der Waals surface area (Å²) in [5, 5.41) is 2.80. The van der Waals surface area contributed by atoms with E-state index in [1.807, 2.05) is 6.92 Å². The maximum absolute atomic E-state index is 11.5. The van der Waals surface area contributed by atoms with Crippen LogP contribution >= 0.6 is 0 Å². The van der Waals surface area contributed by atoms with Gasteiger partial charge in [0.1, 0.15) is 0 Å². The molecule has 0 spiro atoms. The summed E-state index contributed by atoms with van der Waals surface area (Å²) in [6.45, 7) is 2.05. The molecular formula is C12H15N3O2. The van der Waals surface area contributed by atoms with Crippen LogP contribution in [0.1, 0.15) is 26.2 Å². The molecule has 0 unspecified atom stereocenters. The van der Waals surface area contributed by atoms with Crippen molar-refractivity contribution in [1.29, 1.82) is 0 Å². The maximum atomic E-state index is 11.5. The van der Waals surface area contributed by atoms with E-state index in [4.69, 9.17) is 0 Å². The fourth-order valence-electron chi connectivity index (χ4n) is 1.67. The van der Waals surface area contributed by atoms with E-state index in [0.29, 0.717) is 17.6 Å². The van der Waals surface area contributed by atoms with Crippen molar-refractivity contribution in [2.75, 3.05) is 5.32 Å². The lowest BCUT2D eigenvalue weighted by atomic mass is 10.2. The predicted octanol–water partition coefficient (Wildman–Crippen LogP) is 1.98. The summed E-state index contributed by atoms with van der Waals surface area (Å²) in [7, 11) is 0. The molecule has 0 saturated carbocycles. The Morgan fingerprint density at radius 2 is 2.06 bits per heavy atom. The third-order valence-corrected chi connectivity index (χ3v) is 2.56. The summed E-state index contributed by atoms with van der Waals surface area (Å²) in [5.41, 5.74) is 1.90. The molecule has 2 rings (SSSR count). The average Bonchev–Trinajstić information content (AvgIpc) is 2.65. The van der Waals surface area contributed by atoms with E-state index in [1.165, 1.54) is 0 Å². The molecule has 1 amide bonds. The lowest BCUT2D eigenvalue weighted by molar-refractivity contribution is -0.116. The van der Waals surface area contributed by atoms with Gasteiger partial charge in [-0.2, -0.15) is 0 Å². The summed E-state index contributed by atoms with van der Waals surface area (Å²) in [6, 6.07) is 5.29. The third-order valence-electron chi connectivity index (χ3n) is 2.56. The quantitative estimate of drug-likeness (QED) is 0.755. The van der Waals surface area contributed by atoms with Gasteiger partial charge in [0.15, 0.2) is 0 Å². The zero-order chi connectivity index (χ0) is 12.3. The number of carbonyl (C=O) groups excluding carboxylic acids is 1. The predicted molar refractivity (Wildman–Crippen MR) is 67.1 cm³/mol. The Hall–Kier alpha value is -2.04. The minimum absolute atomic E-state index is 0.00378. The molecule has 0 bridgehead atoms. The minimum Gasteiger partial charge on any atom is -0.326 e. The van der Waals surface area contributed by atoms with Crippen molar-refractivity contribution in [2.24, 2.45) is 0 Å². The number of fused-ring (bicyclic) bond motifs is 1. The van der Waals surface area contributed by atoms with E-state index in [2.05, 4.69) is 15.3 Å². The molecule has 1 aromatic heterocycles. The summed E-state index contributed by atoms with van der Waals surface area (Å²) < 4.78 is 0. The Bertz CT molecular complexity index is 583. The molecular weight excluding hydrogens is 218 g/mol. The first kappa shape index (κ1) is 11.4. The molecule has 90 valence electrons. The Kier molecular flexibility index (Phi) is 3.27. The number of carbonyl (C=O) groups is 1. The normalized spacial score (nSPS) is 10.6. The van der Waals surface area contributed by atoms with Gasteiger partial charge in [-0.3, -0.25) is 4.79 Å². The molecule has 0 saturated heterocycles. The average molecular weight is 233 g/mol. The first-order valence-electron chi connectivity index (χ1n) is 5.71. The summed E-state index contributed by atoms with van der Waals surface area (Å²) >= 11 is 0. The maximum Gasteiger partial charge on any atom is 0.323 e. The molecule has 5 heteroatoms. The third kappa shape index (κ3) is 2.75. The van der Waals surface area contributed by atoms with Gasteiger partial charge < -0.3 is 15.3 Å². The van der Waals surface area contributed by atoms with Gasteiger partial charge in [0.25, 0.3) is 0 Å². The minimum atomic E-state index is -0.241. The van der Waals surface area contributed by atoms with Crippen LogP contribution < -0.4 is 11.0 Å². The van der Waals surface area contributed by atoms with Gasteiger partial charge in [0.2, 0.25) is 5.91 Å². The number of amides is 1. The van der Waals surface area contributed by atoms with E-state index >= 15 is 0 Å². The molecule has 5 nitrogen and oxygen atoms in total. The van der Waals surface area contributed by atoms with Gasteiger partial charge in [-0.25, -0.2) is 4.79 Å². The number of aromatic amines is 2. The van der Waals surface area contributed by atoms with Crippen LogP contribution in [0.5, 0.6) is 0 Å². The highest BCUT2D eigenvalue weighted by atomic mass is 16.1. The van der Waals surface area contributed by atoms with Crippen molar-refractivity contribution in [3.8, 4) is 0 Å². The number of imidazole rings is 1. The van der Waals surface area contributed by atoms with Crippen molar-refractivity contribution in [1.82, 2.24) is 9.97 Å². The number of aromatic nitrogens is 2. The van der Waals surface area contributed by atoms with E-state index in [0.717, 1.165) is 18.4 Å². The zero-order valence-corrected chi connectivity index (χ0v) is 9.67. The molecule has 0 aliphatic heterocycles. The van der Waals surface area contributed by atoms with Crippen LogP contribution in [-0.4, -0.2) is 15.9 Å². The van der Waals surface area contributed by atoms with Gasteiger partial charge in [-0.1, -0.05) is 13.3 Å². The molecule has 0 aliphatic rings. The molecule has 0 fully saturated rings. The van der Waals surface area contributed by atoms with Gasteiger partial charge in [0.05, 0.1) is 11.0 Å². The van der Waals surface area contributed by atoms with Crippen LogP contribution in [-0.2, 0) is 4.79 Å². The second kappa shape index (κ2) is 4.86. The monoisotopic (exact) mass is 233 g/mol. The fourth-order valence-corrected chi connectivity index (χ4v) is 1.67. The van der Waals surface area contributed by atoms with Gasteiger partial charge in [0, 0.05) is 12.1 Å². The molecule has 2 aromatic rings. The number of anilines is 1. The largest absolute Gasteiger partial charge is 0.326 e. The number of nitrogens with one attached hydrogen (secondary N) is 3. The van der Waals surface area contributed by atoms with Gasteiger partial charge >= 0.3 is 5.69 Å². The highest BCUT2D eigenvalue weighted by Gasteiger charge is 2.03. The van der Waals surface area contributed by atoms with E-state index in [1.54, 1.807) is 18.2 Å². The van der Waals surface area contributed by atoms with Crippen LogP contribution in [0.3, 0.4) is 0 Å². The van der Waals surface area contributed by atoms with Crippen molar-refractivity contribution in [3.63, 3.8) is 0 Å². The molecule has 3 N–H and O–H groups in total. The van der Waals surface area contributed by atoms with Gasteiger partial charge in [-0.05, 0) is 24.6 Å². The topological polar surface area (TPSA) is 77.8 Å². The number of unbranched alkanes of at least 4 members (excludes halogenated alkanes) is 1. The Morgan fingerprint density at radius 1 is 1.29 bits per heavy atom. The molecule has 0 aliphatic carbocycles. The standard InChI is InChI=1S/C12H15N3O2/c1-2-3-4-11(16)13-8-5-6-9-10(7-8)15-12(17)14-9/h5-7H,2-4H2,1H3,(H,13,16)(H2,14,15,17). The Morgan fingerprint density at radius 3 is 2.82 bits per heavy atom. The van der Waals surface area contributed by atoms with Crippen LogP contribution in [0.25, 0.3) is 11.0 Å². The van der Waals surface area contributed by atoms with Crippen molar-refractivity contribution in [2.45, 2.75) is 26.2 Å². The van der Waals surface area contributed by atoms with Crippen LogP contribution in [0, 0.1) is 0 Å². The van der Waals surface area contributed by atoms with E-state index in [9.17, 15) is 9.59 Å². The Labute approximate surface area is 98.2 Å². The first-order valence-corrected chi connectivity index (χ1v) is 5.71. The number of H-pyrrole nitrogens is 2. The number of hydrogen-bond donors (Lipinski definition) is 3. The van der Waals surface area contributed by atoms with Gasteiger partial charge in [-0.15, -0.1) is 0 Å². The smallest absolute Gasteiger partial charge is 0.323 e. The summed E-state index contributed by atoms with van der Waals surface area (Å²) in [6.07, 6.45) is 2.41. The Balaban J connectivity index is 2.13. The van der Waals surface area contributed by atoms with Crippen molar-refractivity contribution < 1.29 is 4.79 Å². The molecule has 1 heterocycles. The fraction of sp³-hybridized carbons (Fsp3) is 0.333. The molecule has 17 heavy (non-hydrogen) atoms. The number of benzene rings is 1. The molecule has 1 aromatic carbocycles. The van der Waals surface area contributed by atoms with Crippen molar-refractivity contribution in [3.05, 3.63) is 28.7 Å². The van der Waals surface area contributed by atoms with E-state index < -0.39 is 0 Å². The second-order valence-corrected chi connectivity index (χ2v) is 3.99. The highest BCUT2D eigenvalue weighted by molar-refractivity contribution is 5.92. The highest BCUT2D eigenvalue weighted by Crippen LogP contribution is 2.14. The lowest BCUT2D eigenvalue weighted by Gasteiger charge is -2.04. The first-order chi connectivity index (χ1) is 8.19. The van der Waals surface area contributed by atoms with Crippen LogP contribution in [0.4, 0.5) is 5.69 Å². The lowest BCUT2D eigenvalue weighted by Crippen LogP contribution is -2.10. The number of rotatable bonds is 4. The van der Waals surface area contributed by atoms with Crippen LogP contribution in [0.15, 0.2) is 23.0 Å². The summed E-state index contributed by atoms with van der Waals surface area (Å²) in [4.78, 5) is 27.9. The van der Waals surface area contributed by atoms with Crippen LogP contribution in [0.2, 0.25) is 0 Å². The molecule has 0 radical (unpaired) electrons. The number of hydrogen-bond acceptors (Lipinski definition) is 2. The second-order valence-electron chi connectivity index (χ2n) is 3.99. The zero-order valence-electron chi connectivity index (χ0n) is 9.67. The van der Waals surface area contributed by atoms with Crippen molar-refractivity contribution >= 4 is 22.6 Å². The van der Waals surface area contributed by atoms with E-state index in [-0.39, 0.29) is 11.6 Å².